The normalized spacial score (nSPS) is 13.5. The third-order valence-electron chi connectivity index (χ3n) is 3.57. The first-order chi connectivity index (χ1) is 10.2. The molecule has 3 N–H and O–H groups in total. The van der Waals surface area contributed by atoms with Crippen LogP contribution >= 0.6 is 36.2 Å². The summed E-state index contributed by atoms with van der Waals surface area (Å²) in [6.45, 7) is 2.35. The van der Waals surface area contributed by atoms with Gasteiger partial charge in [-0.2, -0.15) is 0 Å². The van der Waals surface area contributed by atoms with E-state index in [-0.39, 0.29) is 30.7 Å². The number of fused-ring (bicyclic) bond motifs is 1. The number of nitrogens with zero attached hydrogens (tertiary/aromatic N) is 2. The molecule has 1 aliphatic rings. The Morgan fingerprint density at radius 1 is 1.43 bits per heavy atom. The Labute approximate surface area is 152 Å². The average molecular weight is 375 g/mol. The molecule has 0 aliphatic carbocycles. The average Bonchev–Trinajstić information content (AvgIpc) is 2.88. The van der Waals surface area contributed by atoms with Gasteiger partial charge >= 0.3 is 0 Å². The van der Waals surface area contributed by atoms with Crippen molar-refractivity contribution in [1.82, 2.24) is 9.88 Å². The molecule has 0 saturated carbocycles. The van der Waals surface area contributed by atoms with Crippen LogP contribution in [0.3, 0.4) is 0 Å². The monoisotopic (exact) mass is 374 g/mol. The summed E-state index contributed by atoms with van der Waals surface area (Å²) in [5, 5.41) is 3.57. The standard InChI is InChI=1S/C15H18N4OS.2ClH/c1-19-6-5-12-13(9-19)21-15(17-12)18-14(20)11-4-2-3-10(7-11)8-16;;/h2-4,7H,5-6,8-9,16H2,1H3,(H,17,18,20);2*1H. The zero-order valence-electron chi connectivity index (χ0n) is 12.7. The number of carbonyl (C=O) groups excluding carboxylic acids is 1. The molecule has 0 radical (unpaired) electrons. The van der Waals surface area contributed by atoms with E-state index in [2.05, 4.69) is 22.2 Å². The van der Waals surface area contributed by atoms with Crippen molar-refractivity contribution in [2.45, 2.75) is 19.5 Å². The summed E-state index contributed by atoms with van der Waals surface area (Å²) in [6.07, 6.45) is 0.945. The molecule has 1 aromatic carbocycles. The number of nitrogens with two attached hydrogens (primary N) is 1. The highest BCUT2D eigenvalue weighted by Gasteiger charge is 2.19. The molecule has 23 heavy (non-hydrogen) atoms. The highest BCUT2D eigenvalue weighted by Crippen LogP contribution is 2.28. The van der Waals surface area contributed by atoms with Crippen molar-refractivity contribution in [1.29, 1.82) is 0 Å². The van der Waals surface area contributed by atoms with Crippen LogP contribution in [0.5, 0.6) is 0 Å². The lowest BCUT2D eigenvalue weighted by Gasteiger charge is -2.20. The van der Waals surface area contributed by atoms with Gasteiger partial charge in [0.25, 0.3) is 5.91 Å². The third kappa shape index (κ3) is 4.65. The van der Waals surface area contributed by atoms with Crippen LogP contribution in [0.2, 0.25) is 0 Å². The van der Waals surface area contributed by atoms with Crippen LogP contribution in [0, 0.1) is 0 Å². The first-order valence-electron chi connectivity index (χ1n) is 6.93. The number of benzene rings is 1. The lowest BCUT2D eigenvalue weighted by Crippen LogP contribution is -2.25. The van der Waals surface area contributed by atoms with Crippen molar-refractivity contribution in [2.75, 3.05) is 18.9 Å². The summed E-state index contributed by atoms with van der Waals surface area (Å²) < 4.78 is 0. The Bertz CT molecular complexity index is 677. The molecule has 0 bridgehead atoms. The van der Waals surface area contributed by atoms with Gasteiger partial charge in [-0.05, 0) is 24.7 Å². The number of hydrogen-bond donors (Lipinski definition) is 2. The smallest absolute Gasteiger partial charge is 0.257 e. The first kappa shape index (κ1) is 19.9. The van der Waals surface area contributed by atoms with Crippen LogP contribution in [0.4, 0.5) is 5.13 Å². The van der Waals surface area contributed by atoms with Crippen molar-refractivity contribution in [2.24, 2.45) is 5.73 Å². The van der Waals surface area contributed by atoms with Gasteiger partial charge < -0.3 is 10.6 Å². The molecule has 8 heteroatoms. The van der Waals surface area contributed by atoms with E-state index < -0.39 is 0 Å². The van der Waals surface area contributed by atoms with Gasteiger partial charge in [-0.3, -0.25) is 10.1 Å². The van der Waals surface area contributed by atoms with Crippen LogP contribution in [-0.2, 0) is 19.5 Å². The number of amides is 1. The van der Waals surface area contributed by atoms with Gasteiger partial charge in [0.05, 0.1) is 5.69 Å². The molecule has 0 saturated heterocycles. The molecule has 1 aliphatic heterocycles. The maximum absolute atomic E-state index is 12.3. The van der Waals surface area contributed by atoms with E-state index in [0.717, 1.165) is 30.8 Å². The van der Waals surface area contributed by atoms with Gasteiger partial charge in [0.2, 0.25) is 0 Å². The quantitative estimate of drug-likeness (QED) is 0.865. The van der Waals surface area contributed by atoms with E-state index in [1.54, 1.807) is 17.4 Å². The molecule has 3 rings (SSSR count). The fraction of sp³-hybridized carbons (Fsp3) is 0.333. The molecule has 5 nitrogen and oxygen atoms in total. The summed E-state index contributed by atoms with van der Waals surface area (Å²) in [6, 6.07) is 7.36. The number of hydrogen-bond acceptors (Lipinski definition) is 5. The van der Waals surface area contributed by atoms with E-state index in [1.165, 1.54) is 4.88 Å². The molecular weight excluding hydrogens is 355 g/mol. The Balaban J connectivity index is 0.00000132. The fourth-order valence-electron chi connectivity index (χ4n) is 2.39. The Morgan fingerprint density at radius 3 is 2.96 bits per heavy atom. The van der Waals surface area contributed by atoms with Crippen molar-refractivity contribution in [3.8, 4) is 0 Å². The number of likely N-dealkylation sites (N-methyl/N-ethyl adjacent to an activating group) is 1. The molecule has 0 fully saturated rings. The predicted octanol–water partition coefficient (Wildman–Crippen LogP) is 2.69. The van der Waals surface area contributed by atoms with Crippen LogP contribution in [-0.4, -0.2) is 29.4 Å². The number of thiazole rings is 1. The minimum atomic E-state index is -0.134. The molecule has 2 aromatic rings. The largest absolute Gasteiger partial charge is 0.326 e. The van der Waals surface area contributed by atoms with Crippen LogP contribution in [0.1, 0.15) is 26.5 Å². The predicted molar refractivity (Wildman–Crippen MR) is 98.9 cm³/mol. The van der Waals surface area contributed by atoms with E-state index >= 15 is 0 Å². The SMILES string of the molecule is CN1CCc2nc(NC(=O)c3cccc(CN)c3)sc2C1.Cl.Cl. The summed E-state index contributed by atoms with van der Waals surface area (Å²) in [4.78, 5) is 20.3. The fourth-order valence-corrected chi connectivity index (χ4v) is 3.47. The van der Waals surface area contributed by atoms with Gasteiger partial charge in [0.1, 0.15) is 0 Å². The van der Waals surface area contributed by atoms with Gasteiger partial charge in [-0.25, -0.2) is 4.98 Å². The Kier molecular flexibility index (Phi) is 7.44. The number of nitrogens with one attached hydrogen (secondary N) is 1. The number of aromatic nitrogens is 1. The molecule has 0 atom stereocenters. The summed E-state index contributed by atoms with van der Waals surface area (Å²) in [5.41, 5.74) is 8.28. The second-order valence-electron chi connectivity index (χ2n) is 5.24. The highest BCUT2D eigenvalue weighted by atomic mass is 35.5. The number of halogens is 2. The van der Waals surface area contributed by atoms with Gasteiger partial charge in [-0.1, -0.05) is 12.1 Å². The van der Waals surface area contributed by atoms with E-state index in [4.69, 9.17) is 5.73 Å². The summed E-state index contributed by atoms with van der Waals surface area (Å²) in [7, 11) is 2.10. The van der Waals surface area contributed by atoms with Crippen molar-refractivity contribution in [3.63, 3.8) is 0 Å². The van der Waals surface area contributed by atoms with E-state index in [0.29, 0.717) is 17.2 Å². The molecule has 0 spiro atoms. The van der Waals surface area contributed by atoms with Crippen LogP contribution in [0.25, 0.3) is 0 Å². The second kappa shape index (κ2) is 8.61. The molecular formula is C15H20Cl2N4OS. The van der Waals surface area contributed by atoms with Crippen molar-refractivity contribution in [3.05, 3.63) is 46.0 Å². The number of anilines is 1. The zero-order valence-corrected chi connectivity index (χ0v) is 15.2. The third-order valence-corrected chi connectivity index (χ3v) is 4.57. The lowest BCUT2D eigenvalue weighted by atomic mass is 10.1. The lowest BCUT2D eigenvalue weighted by molar-refractivity contribution is 0.102. The molecule has 0 unspecified atom stereocenters. The maximum Gasteiger partial charge on any atom is 0.257 e. The van der Waals surface area contributed by atoms with Crippen LogP contribution in [0.15, 0.2) is 24.3 Å². The highest BCUT2D eigenvalue weighted by molar-refractivity contribution is 7.15. The summed E-state index contributed by atoms with van der Waals surface area (Å²) in [5.74, 6) is -0.134. The van der Waals surface area contributed by atoms with Crippen molar-refractivity contribution < 1.29 is 4.79 Å². The first-order valence-corrected chi connectivity index (χ1v) is 7.75. The van der Waals surface area contributed by atoms with Gasteiger partial charge in [0.15, 0.2) is 5.13 Å². The Hall–Kier alpha value is -1.18. The number of carbonyl (C=O) groups is 1. The van der Waals surface area contributed by atoms with Gasteiger partial charge in [-0.15, -0.1) is 36.2 Å². The minimum Gasteiger partial charge on any atom is -0.326 e. The molecule has 1 aromatic heterocycles. The second-order valence-corrected chi connectivity index (χ2v) is 6.32. The molecule has 1 amide bonds. The van der Waals surface area contributed by atoms with E-state index in [9.17, 15) is 4.79 Å². The molecule has 2 heterocycles. The molecule has 126 valence electrons. The van der Waals surface area contributed by atoms with Crippen molar-refractivity contribution >= 4 is 47.2 Å². The summed E-state index contributed by atoms with van der Waals surface area (Å²) >= 11 is 1.56. The number of rotatable bonds is 3. The minimum absolute atomic E-state index is 0. The van der Waals surface area contributed by atoms with E-state index in [1.807, 2.05) is 18.2 Å². The van der Waals surface area contributed by atoms with Gasteiger partial charge in [0, 0.05) is 36.5 Å². The van der Waals surface area contributed by atoms with Crippen LogP contribution < -0.4 is 11.1 Å². The topological polar surface area (TPSA) is 71.2 Å². The Morgan fingerprint density at radius 2 is 2.22 bits per heavy atom. The zero-order chi connectivity index (χ0) is 14.8. The maximum atomic E-state index is 12.3.